The number of fused-ring (bicyclic) bond motifs is 1. The predicted molar refractivity (Wildman–Crippen MR) is 98.5 cm³/mol. The monoisotopic (exact) mass is 335 g/mol. The molecule has 0 aliphatic carbocycles. The summed E-state index contributed by atoms with van der Waals surface area (Å²) in [6, 6.07) is 16.6. The van der Waals surface area contributed by atoms with Crippen molar-refractivity contribution >= 4 is 22.6 Å². The second kappa shape index (κ2) is 7.32. The lowest BCUT2D eigenvalue weighted by Gasteiger charge is -2.19. The van der Waals surface area contributed by atoms with Gasteiger partial charge in [-0.2, -0.15) is 0 Å². The number of Topliss-reactive ketones (excluding diaryl/α,β-unsaturated/α-hetero) is 1. The van der Waals surface area contributed by atoms with E-state index in [1.165, 1.54) is 4.90 Å². The molecule has 0 saturated heterocycles. The average molecular weight is 335 g/mol. The quantitative estimate of drug-likeness (QED) is 0.681. The van der Waals surface area contributed by atoms with Crippen LogP contribution in [0.15, 0.2) is 60.8 Å². The van der Waals surface area contributed by atoms with Crippen LogP contribution in [0.4, 0.5) is 0 Å². The van der Waals surface area contributed by atoms with Gasteiger partial charge in [0, 0.05) is 36.8 Å². The van der Waals surface area contributed by atoms with Crippen molar-refractivity contribution in [3.8, 4) is 0 Å². The molecular formula is C20H21N3O2. The predicted octanol–water partition coefficient (Wildman–Crippen LogP) is 2.77. The second-order valence-electron chi connectivity index (χ2n) is 6.12. The lowest BCUT2D eigenvalue weighted by molar-refractivity contribution is -0.127. The molecule has 25 heavy (non-hydrogen) atoms. The van der Waals surface area contributed by atoms with E-state index in [-0.39, 0.29) is 18.2 Å². The summed E-state index contributed by atoms with van der Waals surface area (Å²) in [7, 11) is 3.39. The maximum Gasteiger partial charge on any atom is 0.236 e. The number of ketones is 1. The summed E-state index contributed by atoms with van der Waals surface area (Å²) in [5, 5.41) is 4.00. The number of amides is 1. The number of nitrogens with zero attached hydrogens (tertiary/aromatic N) is 1. The molecule has 3 aromatic rings. The van der Waals surface area contributed by atoms with Crippen LogP contribution < -0.4 is 5.32 Å². The van der Waals surface area contributed by atoms with E-state index in [1.807, 2.05) is 54.6 Å². The molecule has 128 valence electrons. The molecule has 2 aromatic carbocycles. The first-order valence-corrected chi connectivity index (χ1v) is 8.16. The molecular weight excluding hydrogens is 314 g/mol. The summed E-state index contributed by atoms with van der Waals surface area (Å²) < 4.78 is 0. The molecule has 0 spiro atoms. The van der Waals surface area contributed by atoms with Gasteiger partial charge in [-0.05, 0) is 11.6 Å². The molecule has 0 bridgehead atoms. The molecule has 5 heteroatoms. The number of H-pyrrole nitrogens is 1. The van der Waals surface area contributed by atoms with Gasteiger partial charge in [-0.25, -0.2) is 0 Å². The van der Waals surface area contributed by atoms with E-state index in [4.69, 9.17) is 0 Å². The molecule has 1 amide bonds. The minimum atomic E-state index is -0.579. The summed E-state index contributed by atoms with van der Waals surface area (Å²) in [6.45, 7) is 0.0979. The van der Waals surface area contributed by atoms with Crippen molar-refractivity contribution in [1.82, 2.24) is 15.2 Å². The summed E-state index contributed by atoms with van der Waals surface area (Å²) in [6.07, 6.45) is 1.73. The number of carbonyl (C=O) groups excluding carboxylic acids is 2. The highest BCUT2D eigenvalue weighted by atomic mass is 16.2. The minimum absolute atomic E-state index is 0.0600. The van der Waals surface area contributed by atoms with Crippen molar-refractivity contribution in [1.29, 1.82) is 0 Å². The van der Waals surface area contributed by atoms with Crippen LogP contribution in [-0.4, -0.2) is 42.2 Å². The van der Waals surface area contributed by atoms with Crippen LogP contribution in [0.5, 0.6) is 0 Å². The summed E-state index contributed by atoms with van der Waals surface area (Å²) in [5.74, 6) is -0.136. The minimum Gasteiger partial charge on any atom is -0.360 e. The number of rotatable bonds is 6. The van der Waals surface area contributed by atoms with Gasteiger partial charge in [0.2, 0.25) is 5.91 Å². The van der Waals surface area contributed by atoms with Gasteiger partial charge >= 0.3 is 0 Å². The standard InChI is InChI=1S/C20H21N3O2/c1-23(2)18(24)13-22-19(14-8-4-3-5-9-14)20(25)16-12-21-17-11-7-6-10-15(16)17/h3-12,19,21-22H,13H2,1-2H3/t19-/m1/s1. The third-order valence-electron chi connectivity index (χ3n) is 4.21. The number of aromatic nitrogens is 1. The average Bonchev–Trinajstić information content (AvgIpc) is 3.06. The molecule has 3 rings (SSSR count). The Morgan fingerprint density at radius 2 is 1.72 bits per heavy atom. The SMILES string of the molecule is CN(C)C(=O)CN[C@@H](C(=O)c1c[nH]c2ccccc12)c1ccccc1. The first-order valence-electron chi connectivity index (χ1n) is 8.16. The van der Waals surface area contributed by atoms with Gasteiger partial charge in [0.1, 0.15) is 0 Å². The fraction of sp³-hybridized carbons (Fsp3) is 0.200. The molecule has 0 aliphatic heterocycles. The van der Waals surface area contributed by atoms with Gasteiger partial charge in [-0.1, -0.05) is 48.5 Å². The van der Waals surface area contributed by atoms with Gasteiger partial charge in [0.25, 0.3) is 0 Å². The van der Waals surface area contributed by atoms with Crippen LogP contribution in [0.25, 0.3) is 10.9 Å². The van der Waals surface area contributed by atoms with E-state index in [2.05, 4.69) is 10.3 Å². The number of likely N-dealkylation sites (N-methyl/N-ethyl adjacent to an activating group) is 1. The number of nitrogens with one attached hydrogen (secondary N) is 2. The molecule has 0 unspecified atom stereocenters. The topological polar surface area (TPSA) is 65.2 Å². The Morgan fingerprint density at radius 3 is 2.44 bits per heavy atom. The van der Waals surface area contributed by atoms with Crippen molar-refractivity contribution in [3.63, 3.8) is 0 Å². The number of para-hydroxylation sites is 1. The van der Waals surface area contributed by atoms with Gasteiger partial charge in [0.15, 0.2) is 5.78 Å². The zero-order chi connectivity index (χ0) is 17.8. The van der Waals surface area contributed by atoms with Crippen LogP contribution in [0.3, 0.4) is 0 Å². The number of hydrogen-bond donors (Lipinski definition) is 2. The van der Waals surface area contributed by atoms with E-state index in [9.17, 15) is 9.59 Å². The van der Waals surface area contributed by atoms with Crippen LogP contribution in [0, 0.1) is 0 Å². The van der Waals surface area contributed by atoms with Gasteiger partial charge in [0.05, 0.1) is 12.6 Å². The van der Waals surface area contributed by atoms with Gasteiger partial charge < -0.3 is 9.88 Å². The zero-order valence-electron chi connectivity index (χ0n) is 14.3. The molecule has 0 fully saturated rings. The number of carbonyl (C=O) groups is 2. The van der Waals surface area contributed by atoms with Gasteiger partial charge in [-0.3, -0.25) is 14.9 Å². The Bertz CT molecular complexity index is 884. The largest absolute Gasteiger partial charge is 0.360 e. The first kappa shape index (κ1) is 16.9. The first-order chi connectivity index (χ1) is 12.1. The molecule has 0 radical (unpaired) electrons. The van der Waals surface area contributed by atoms with E-state index in [1.54, 1.807) is 20.3 Å². The van der Waals surface area contributed by atoms with E-state index < -0.39 is 6.04 Å². The molecule has 0 aliphatic rings. The van der Waals surface area contributed by atoms with Crippen molar-refractivity contribution < 1.29 is 9.59 Å². The van der Waals surface area contributed by atoms with Crippen molar-refractivity contribution in [2.75, 3.05) is 20.6 Å². The number of hydrogen-bond acceptors (Lipinski definition) is 3. The van der Waals surface area contributed by atoms with E-state index in [0.29, 0.717) is 5.56 Å². The Hall–Kier alpha value is -2.92. The summed E-state index contributed by atoms with van der Waals surface area (Å²) in [4.78, 5) is 29.8. The normalized spacial score (nSPS) is 12.1. The molecule has 0 saturated carbocycles. The van der Waals surface area contributed by atoms with Crippen LogP contribution in [0.1, 0.15) is 22.0 Å². The Kier molecular flexibility index (Phi) is 4.95. The highest BCUT2D eigenvalue weighted by Crippen LogP contribution is 2.24. The Morgan fingerprint density at radius 1 is 1.04 bits per heavy atom. The second-order valence-corrected chi connectivity index (χ2v) is 6.12. The highest BCUT2D eigenvalue weighted by Gasteiger charge is 2.24. The van der Waals surface area contributed by atoms with Crippen LogP contribution >= 0.6 is 0 Å². The molecule has 1 atom stereocenters. The lowest BCUT2D eigenvalue weighted by atomic mass is 9.97. The zero-order valence-corrected chi connectivity index (χ0v) is 14.3. The van der Waals surface area contributed by atoms with Crippen LogP contribution in [-0.2, 0) is 4.79 Å². The summed E-state index contributed by atoms with van der Waals surface area (Å²) >= 11 is 0. The Balaban J connectivity index is 1.93. The third-order valence-corrected chi connectivity index (χ3v) is 4.21. The maximum absolute atomic E-state index is 13.2. The summed E-state index contributed by atoms with van der Waals surface area (Å²) in [5.41, 5.74) is 2.38. The lowest BCUT2D eigenvalue weighted by Crippen LogP contribution is -2.37. The fourth-order valence-corrected chi connectivity index (χ4v) is 2.79. The molecule has 5 nitrogen and oxygen atoms in total. The highest BCUT2D eigenvalue weighted by molar-refractivity contribution is 6.10. The van der Waals surface area contributed by atoms with Crippen molar-refractivity contribution in [2.45, 2.75) is 6.04 Å². The molecule has 2 N–H and O–H groups in total. The van der Waals surface area contributed by atoms with E-state index in [0.717, 1.165) is 16.5 Å². The smallest absolute Gasteiger partial charge is 0.236 e. The molecule has 1 heterocycles. The third kappa shape index (κ3) is 3.61. The van der Waals surface area contributed by atoms with E-state index >= 15 is 0 Å². The fourth-order valence-electron chi connectivity index (χ4n) is 2.79. The van der Waals surface area contributed by atoms with Crippen molar-refractivity contribution in [3.05, 3.63) is 71.9 Å². The Labute approximate surface area is 146 Å². The van der Waals surface area contributed by atoms with Crippen LogP contribution in [0.2, 0.25) is 0 Å². The molecule has 1 aromatic heterocycles. The number of aromatic amines is 1. The maximum atomic E-state index is 13.2. The number of benzene rings is 2. The van der Waals surface area contributed by atoms with Crippen molar-refractivity contribution in [2.24, 2.45) is 0 Å². The van der Waals surface area contributed by atoms with Gasteiger partial charge in [-0.15, -0.1) is 0 Å².